The second-order valence-electron chi connectivity index (χ2n) is 5.53. The molecule has 0 aliphatic rings. The summed E-state index contributed by atoms with van der Waals surface area (Å²) < 4.78 is 0. The van der Waals surface area contributed by atoms with Crippen LogP contribution < -0.4 is 0 Å². The molecule has 5 heteroatoms. The lowest BCUT2D eigenvalue weighted by Crippen LogP contribution is -2.37. The van der Waals surface area contributed by atoms with Crippen molar-refractivity contribution in [1.29, 1.82) is 0 Å². The van der Waals surface area contributed by atoms with Gasteiger partial charge in [-0.25, -0.2) is 4.79 Å². The number of carbonyl (C=O) groups is 1. The Morgan fingerprint density at radius 1 is 0.955 bits per heavy atom. The molecule has 0 rings (SSSR count). The minimum Gasteiger partial charge on any atom is -0.478 e. The third kappa shape index (κ3) is 11.5. The molecule has 5 nitrogen and oxygen atoms in total. The van der Waals surface area contributed by atoms with E-state index in [0.717, 1.165) is 44.6 Å². The van der Waals surface area contributed by atoms with Crippen LogP contribution in [0.15, 0.2) is 24.3 Å². The van der Waals surface area contributed by atoms with E-state index in [4.69, 9.17) is 5.11 Å². The molecular weight excluding hydrogens is 284 g/mol. The highest BCUT2D eigenvalue weighted by molar-refractivity contribution is 5.80. The van der Waals surface area contributed by atoms with E-state index in [1.54, 1.807) is 6.08 Å². The molecule has 0 fully saturated rings. The van der Waals surface area contributed by atoms with E-state index in [2.05, 4.69) is 6.92 Å². The largest absolute Gasteiger partial charge is 0.478 e. The predicted molar refractivity (Wildman–Crippen MR) is 86.5 cm³/mol. The zero-order valence-corrected chi connectivity index (χ0v) is 13.4. The van der Waals surface area contributed by atoms with Crippen molar-refractivity contribution in [3.63, 3.8) is 0 Å². The van der Waals surface area contributed by atoms with Crippen molar-refractivity contribution < 1.29 is 25.2 Å². The SMILES string of the molecule is CCCCCC(O)C(O)C(O)CCCCC=CC=CC(=O)O. The lowest BCUT2D eigenvalue weighted by molar-refractivity contribution is -0.131. The van der Waals surface area contributed by atoms with E-state index >= 15 is 0 Å². The molecule has 0 aliphatic heterocycles. The van der Waals surface area contributed by atoms with E-state index in [1.807, 2.05) is 6.08 Å². The van der Waals surface area contributed by atoms with Crippen molar-refractivity contribution in [3.8, 4) is 0 Å². The molecule has 128 valence electrons. The molecule has 0 saturated carbocycles. The van der Waals surface area contributed by atoms with Gasteiger partial charge >= 0.3 is 5.97 Å². The van der Waals surface area contributed by atoms with Gasteiger partial charge in [-0.3, -0.25) is 0 Å². The molecule has 0 heterocycles. The van der Waals surface area contributed by atoms with Crippen molar-refractivity contribution in [1.82, 2.24) is 0 Å². The Morgan fingerprint density at radius 2 is 1.55 bits per heavy atom. The average molecular weight is 314 g/mol. The number of carboxylic acid groups (broad SMARTS) is 1. The van der Waals surface area contributed by atoms with Crippen molar-refractivity contribution in [2.24, 2.45) is 0 Å². The molecular formula is C17H30O5. The Balaban J connectivity index is 3.74. The van der Waals surface area contributed by atoms with Gasteiger partial charge in [0.2, 0.25) is 0 Å². The molecule has 0 saturated heterocycles. The Morgan fingerprint density at radius 3 is 2.09 bits per heavy atom. The zero-order valence-electron chi connectivity index (χ0n) is 13.4. The van der Waals surface area contributed by atoms with Crippen LogP contribution in [0.3, 0.4) is 0 Å². The molecule has 0 aliphatic carbocycles. The highest BCUT2D eigenvalue weighted by atomic mass is 16.4. The Bertz CT molecular complexity index is 338. The third-order valence-electron chi connectivity index (χ3n) is 3.50. The van der Waals surface area contributed by atoms with E-state index in [9.17, 15) is 20.1 Å². The second kappa shape index (κ2) is 13.5. The van der Waals surface area contributed by atoms with Gasteiger partial charge in [-0.2, -0.15) is 0 Å². The van der Waals surface area contributed by atoms with Gasteiger partial charge in [0.15, 0.2) is 0 Å². The van der Waals surface area contributed by atoms with Crippen LogP contribution >= 0.6 is 0 Å². The van der Waals surface area contributed by atoms with Crippen molar-refractivity contribution in [2.45, 2.75) is 76.6 Å². The van der Waals surface area contributed by atoms with Gasteiger partial charge in [0.25, 0.3) is 0 Å². The van der Waals surface area contributed by atoms with Crippen LogP contribution in [0.5, 0.6) is 0 Å². The summed E-state index contributed by atoms with van der Waals surface area (Å²) in [5.74, 6) is -0.973. The quantitative estimate of drug-likeness (QED) is 0.238. The van der Waals surface area contributed by atoms with E-state index in [1.165, 1.54) is 6.08 Å². The second-order valence-corrected chi connectivity index (χ2v) is 5.53. The summed E-state index contributed by atoms with van der Waals surface area (Å²) in [5.41, 5.74) is 0. The molecule has 0 aromatic heterocycles. The van der Waals surface area contributed by atoms with Crippen LogP contribution in [-0.2, 0) is 4.79 Å². The van der Waals surface area contributed by atoms with Gasteiger partial charge < -0.3 is 20.4 Å². The number of allylic oxidation sites excluding steroid dienone is 3. The first-order chi connectivity index (χ1) is 10.5. The molecule has 3 atom stereocenters. The lowest BCUT2D eigenvalue weighted by Gasteiger charge is -2.22. The summed E-state index contributed by atoms with van der Waals surface area (Å²) >= 11 is 0. The number of aliphatic hydroxyl groups excluding tert-OH is 3. The molecule has 0 aromatic carbocycles. The van der Waals surface area contributed by atoms with Crippen LogP contribution in [0.2, 0.25) is 0 Å². The van der Waals surface area contributed by atoms with Crippen LogP contribution in [0.1, 0.15) is 58.3 Å². The number of aliphatic hydroxyl groups is 3. The van der Waals surface area contributed by atoms with Gasteiger partial charge in [0, 0.05) is 6.08 Å². The van der Waals surface area contributed by atoms with Crippen LogP contribution in [0.25, 0.3) is 0 Å². The molecule has 22 heavy (non-hydrogen) atoms. The minimum absolute atomic E-state index is 0.449. The summed E-state index contributed by atoms with van der Waals surface area (Å²) in [6, 6.07) is 0. The summed E-state index contributed by atoms with van der Waals surface area (Å²) in [4.78, 5) is 10.2. The fourth-order valence-electron chi connectivity index (χ4n) is 2.13. The van der Waals surface area contributed by atoms with Gasteiger partial charge in [-0.1, -0.05) is 50.8 Å². The van der Waals surface area contributed by atoms with Gasteiger partial charge in [-0.05, 0) is 25.7 Å². The predicted octanol–water partition coefficient (Wildman–Crippen LogP) is 2.41. The molecule has 0 spiro atoms. The number of unbranched alkanes of at least 4 members (excludes halogenated alkanes) is 4. The van der Waals surface area contributed by atoms with Crippen molar-refractivity contribution in [3.05, 3.63) is 24.3 Å². The van der Waals surface area contributed by atoms with Gasteiger partial charge in [-0.15, -0.1) is 0 Å². The summed E-state index contributed by atoms with van der Waals surface area (Å²) in [7, 11) is 0. The minimum atomic E-state index is -1.08. The first-order valence-corrected chi connectivity index (χ1v) is 8.09. The highest BCUT2D eigenvalue weighted by Gasteiger charge is 2.23. The highest BCUT2D eigenvalue weighted by Crippen LogP contribution is 2.14. The normalized spacial score (nSPS) is 16.2. The van der Waals surface area contributed by atoms with E-state index < -0.39 is 24.3 Å². The van der Waals surface area contributed by atoms with E-state index in [-0.39, 0.29) is 0 Å². The maximum atomic E-state index is 10.2. The number of rotatable bonds is 13. The topological polar surface area (TPSA) is 98.0 Å². The summed E-state index contributed by atoms with van der Waals surface area (Å²) in [6.07, 6.45) is 9.50. The first-order valence-electron chi connectivity index (χ1n) is 8.09. The maximum absolute atomic E-state index is 10.2. The fourth-order valence-corrected chi connectivity index (χ4v) is 2.13. The number of aliphatic carboxylic acids is 1. The smallest absolute Gasteiger partial charge is 0.328 e. The maximum Gasteiger partial charge on any atom is 0.328 e. The summed E-state index contributed by atoms with van der Waals surface area (Å²) in [5, 5.41) is 37.8. The van der Waals surface area contributed by atoms with Crippen molar-refractivity contribution in [2.75, 3.05) is 0 Å². The first kappa shape index (κ1) is 20.8. The van der Waals surface area contributed by atoms with E-state index in [0.29, 0.717) is 12.8 Å². The Kier molecular flexibility index (Phi) is 12.8. The van der Waals surface area contributed by atoms with Gasteiger partial charge in [0.1, 0.15) is 6.10 Å². The number of carboxylic acids is 1. The zero-order chi connectivity index (χ0) is 16.8. The lowest BCUT2D eigenvalue weighted by atomic mass is 9.98. The Hall–Kier alpha value is -1.17. The monoisotopic (exact) mass is 314 g/mol. The third-order valence-corrected chi connectivity index (χ3v) is 3.50. The molecule has 0 amide bonds. The Labute approximate surface area is 133 Å². The van der Waals surface area contributed by atoms with Crippen LogP contribution in [0, 0.1) is 0 Å². The molecule has 0 bridgehead atoms. The number of hydrogen-bond acceptors (Lipinski definition) is 4. The number of hydrogen-bond donors (Lipinski definition) is 4. The molecule has 4 N–H and O–H groups in total. The molecule has 0 radical (unpaired) electrons. The van der Waals surface area contributed by atoms with Crippen molar-refractivity contribution >= 4 is 5.97 Å². The summed E-state index contributed by atoms with van der Waals surface area (Å²) in [6.45, 7) is 2.07. The average Bonchev–Trinajstić information content (AvgIpc) is 2.48. The molecule has 0 aromatic rings. The molecule has 3 unspecified atom stereocenters. The van der Waals surface area contributed by atoms with Crippen LogP contribution in [-0.4, -0.2) is 44.7 Å². The van der Waals surface area contributed by atoms with Gasteiger partial charge in [0.05, 0.1) is 12.2 Å². The van der Waals surface area contributed by atoms with Crippen LogP contribution in [0.4, 0.5) is 0 Å². The standard InChI is InChI=1S/C17H30O5/c1-2-3-8-11-14(18)17(22)15(19)12-9-6-4-5-7-10-13-16(20)21/h5,7,10,13-15,17-19,22H,2-4,6,8-9,11-12H2,1H3,(H,20,21). The fraction of sp³-hybridized carbons (Fsp3) is 0.706.